The summed E-state index contributed by atoms with van der Waals surface area (Å²) in [5, 5.41) is 0. The molecular formula is C9H8BF. The normalized spacial score (nSPS) is 9.82. The van der Waals surface area contributed by atoms with Gasteiger partial charge in [-0.25, -0.2) is 4.39 Å². The van der Waals surface area contributed by atoms with Gasteiger partial charge in [-0.3, -0.25) is 0 Å². The lowest BCUT2D eigenvalue weighted by molar-refractivity contribution is 0.662. The van der Waals surface area contributed by atoms with Crippen LogP contribution in [0.4, 0.5) is 4.39 Å². The molecule has 0 saturated carbocycles. The predicted molar refractivity (Wildman–Crippen MR) is 46.7 cm³/mol. The topological polar surface area (TPSA) is 0 Å². The molecule has 0 saturated heterocycles. The highest BCUT2D eigenvalue weighted by molar-refractivity contribution is 6.23. The van der Waals surface area contributed by atoms with E-state index in [0.29, 0.717) is 5.57 Å². The van der Waals surface area contributed by atoms with Gasteiger partial charge in [0.2, 0.25) is 0 Å². The van der Waals surface area contributed by atoms with Crippen LogP contribution in [0.15, 0.2) is 36.1 Å². The van der Waals surface area contributed by atoms with E-state index in [-0.39, 0.29) is 5.47 Å². The van der Waals surface area contributed by atoms with Crippen LogP contribution in [0.3, 0.4) is 0 Å². The van der Waals surface area contributed by atoms with Crippen molar-refractivity contribution in [2.45, 2.75) is 6.92 Å². The average Bonchev–Trinajstić information content (AvgIpc) is 1.87. The minimum atomic E-state index is -0.585. The Kier molecular flexibility index (Phi) is 4.06. The van der Waals surface area contributed by atoms with Crippen molar-refractivity contribution in [3.8, 4) is 11.8 Å². The molecule has 0 amide bonds. The third-order valence-electron chi connectivity index (χ3n) is 0.893. The molecule has 0 atom stereocenters. The fourth-order valence-corrected chi connectivity index (χ4v) is 0.442. The van der Waals surface area contributed by atoms with Crippen molar-refractivity contribution in [3.05, 3.63) is 36.1 Å². The second kappa shape index (κ2) is 4.57. The SMILES string of the molecule is [B]C(=C)/C(F)=C\C(=C)C#CC. The second-order valence-electron chi connectivity index (χ2n) is 1.92. The third-order valence-corrected chi connectivity index (χ3v) is 0.893. The van der Waals surface area contributed by atoms with Crippen LogP contribution < -0.4 is 0 Å². The van der Waals surface area contributed by atoms with E-state index in [2.05, 4.69) is 25.0 Å². The molecule has 0 spiro atoms. The third kappa shape index (κ3) is 4.22. The van der Waals surface area contributed by atoms with Crippen molar-refractivity contribution < 1.29 is 4.39 Å². The van der Waals surface area contributed by atoms with Gasteiger partial charge in [0.05, 0.1) is 0 Å². The Hall–Kier alpha value is -1.23. The molecule has 0 N–H and O–H groups in total. The minimum absolute atomic E-state index is 0.107. The van der Waals surface area contributed by atoms with Crippen LogP contribution in [-0.4, -0.2) is 7.85 Å². The smallest absolute Gasteiger partial charge is 0.117 e. The molecule has 0 unspecified atom stereocenters. The summed E-state index contributed by atoms with van der Waals surface area (Å²) in [6.07, 6.45) is 1.15. The molecule has 0 rings (SSSR count). The van der Waals surface area contributed by atoms with Gasteiger partial charge in [-0.1, -0.05) is 18.0 Å². The molecule has 0 aliphatic carbocycles. The van der Waals surface area contributed by atoms with E-state index in [1.807, 2.05) is 0 Å². The van der Waals surface area contributed by atoms with Gasteiger partial charge in [-0.05, 0) is 13.0 Å². The largest absolute Gasteiger partial charge is 0.208 e. The van der Waals surface area contributed by atoms with Crippen LogP contribution in [0.25, 0.3) is 0 Å². The van der Waals surface area contributed by atoms with Gasteiger partial charge in [-0.2, -0.15) is 0 Å². The Bertz CT molecular complexity index is 263. The Morgan fingerprint density at radius 2 is 2.09 bits per heavy atom. The maximum atomic E-state index is 12.6. The van der Waals surface area contributed by atoms with E-state index in [9.17, 15) is 4.39 Å². The fraction of sp³-hybridized carbons (Fsp3) is 0.111. The lowest BCUT2D eigenvalue weighted by atomic mass is 9.96. The first-order valence-corrected chi connectivity index (χ1v) is 3.01. The monoisotopic (exact) mass is 146 g/mol. The number of rotatable bonds is 2. The lowest BCUT2D eigenvalue weighted by Gasteiger charge is -1.92. The van der Waals surface area contributed by atoms with Crippen LogP contribution >= 0.6 is 0 Å². The van der Waals surface area contributed by atoms with Gasteiger partial charge in [0.1, 0.15) is 13.7 Å². The molecule has 0 nitrogen and oxygen atoms in total. The first-order valence-electron chi connectivity index (χ1n) is 3.01. The number of halogens is 1. The van der Waals surface area contributed by atoms with Gasteiger partial charge in [0.15, 0.2) is 0 Å². The summed E-state index contributed by atoms with van der Waals surface area (Å²) >= 11 is 0. The molecule has 2 radical (unpaired) electrons. The molecule has 0 aromatic carbocycles. The van der Waals surface area contributed by atoms with Crippen LogP contribution in [0.1, 0.15) is 6.92 Å². The molecule has 0 aromatic rings. The number of hydrogen-bond acceptors (Lipinski definition) is 0. The van der Waals surface area contributed by atoms with Crippen molar-refractivity contribution in [3.63, 3.8) is 0 Å². The highest BCUT2D eigenvalue weighted by Gasteiger charge is 1.93. The Morgan fingerprint density at radius 3 is 2.45 bits per heavy atom. The van der Waals surface area contributed by atoms with E-state index in [4.69, 9.17) is 7.85 Å². The quantitative estimate of drug-likeness (QED) is 0.318. The maximum Gasteiger partial charge on any atom is 0.117 e. The van der Waals surface area contributed by atoms with E-state index in [1.165, 1.54) is 0 Å². The van der Waals surface area contributed by atoms with Gasteiger partial charge >= 0.3 is 0 Å². The molecule has 0 aromatic heterocycles. The highest BCUT2D eigenvalue weighted by atomic mass is 19.1. The predicted octanol–water partition coefficient (Wildman–Crippen LogP) is 2.10. The standard InChI is InChI=1S/C9H8BF/c1-4-5-7(2)6-9(11)8(3)10/h6H,2-3H2,1H3/b9-6+. The van der Waals surface area contributed by atoms with Gasteiger partial charge in [-0.15, -0.1) is 12.5 Å². The molecule has 11 heavy (non-hydrogen) atoms. The first kappa shape index (κ1) is 9.77. The van der Waals surface area contributed by atoms with E-state index in [1.54, 1.807) is 6.92 Å². The summed E-state index contributed by atoms with van der Waals surface area (Å²) < 4.78 is 12.6. The molecule has 0 bridgehead atoms. The summed E-state index contributed by atoms with van der Waals surface area (Å²) in [5.41, 5.74) is 0.278. The molecule has 0 aliphatic heterocycles. The van der Waals surface area contributed by atoms with E-state index >= 15 is 0 Å². The summed E-state index contributed by atoms with van der Waals surface area (Å²) in [5.74, 6) is 4.57. The summed E-state index contributed by atoms with van der Waals surface area (Å²) in [4.78, 5) is 0. The van der Waals surface area contributed by atoms with Crippen molar-refractivity contribution in [1.82, 2.24) is 0 Å². The van der Waals surface area contributed by atoms with Crippen LogP contribution in [0.2, 0.25) is 0 Å². The molecule has 0 fully saturated rings. The van der Waals surface area contributed by atoms with Gasteiger partial charge in [0.25, 0.3) is 0 Å². The van der Waals surface area contributed by atoms with Crippen molar-refractivity contribution in [1.29, 1.82) is 0 Å². The summed E-state index contributed by atoms with van der Waals surface area (Å²) in [6.45, 7) is 8.34. The molecular weight excluding hydrogens is 138 g/mol. The fourth-order valence-electron chi connectivity index (χ4n) is 0.442. The van der Waals surface area contributed by atoms with Crippen LogP contribution in [0.5, 0.6) is 0 Å². The maximum absolute atomic E-state index is 12.6. The Labute approximate surface area is 67.9 Å². The number of hydrogen-bond donors (Lipinski definition) is 0. The highest BCUT2D eigenvalue weighted by Crippen LogP contribution is 2.07. The van der Waals surface area contributed by atoms with Crippen molar-refractivity contribution >= 4 is 7.85 Å². The zero-order valence-electron chi connectivity index (χ0n) is 6.45. The van der Waals surface area contributed by atoms with E-state index in [0.717, 1.165) is 6.08 Å². The summed E-state index contributed by atoms with van der Waals surface area (Å²) in [7, 11) is 5.05. The van der Waals surface area contributed by atoms with Crippen molar-refractivity contribution in [2.24, 2.45) is 0 Å². The second-order valence-corrected chi connectivity index (χ2v) is 1.92. The average molecular weight is 146 g/mol. The van der Waals surface area contributed by atoms with Crippen molar-refractivity contribution in [2.75, 3.05) is 0 Å². The van der Waals surface area contributed by atoms with Crippen LogP contribution in [0, 0.1) is 11.8 Å². The molecule has 2 heteroatoms. The minimum Gasteiger partial charge on any atom is -0.208 e. The van der Waals surface area contributed by atoms with E-state index < -0.39 is 5.83 Å². The number of allylic oxidation sites excluding steroid dienone is 4. The van der Waals surface area contributed by atoms with Crippen LogP contribution in [-0.2, 0) is 0 Å². The summed E-state index contributed by atoms with van der Waals surface area (Å²) in [6, 6.07) is 0. The Morgan fingerprint density at radius 1 is 1.55 bits per heavy atom. The molecule has 54 valence electrons. The first-order chi connectivity index (χ1) is 5.07. The Balaban J connectivity index is 4.40. The molecule has 0 aliphatic rings. The molecule has 0 heterocycles. The zero-order chi connectivity index (χ0) is 8.85. The zero-order valence-corrected chi connectivity index (χ0v) is 6.45. The van der Waals surface area contributed by atoms with Gasteiger partial charge in [0, 0.05) is 5.57 Å². The lowest BCUT2D eigenvalue weighted by Crippen LogP contribution is -1.80. The van der Waals surface area contributed by atoms with Gasteiger partial charge < -0.3 is 0 Å².